The molecule has 2 rings (SSSR count). The molecule has 140 valence electrons. The number of aromatic nitrogens is 1. The summed E-state index contributed by atoms with van der Waals surface area (Å²) in [7, 11) is 5.48. The van der Waals surface area contributed by atoms with Crippen LogP contribution >= 0.6 is 11.6 Å². The first-order valence-electron chi connectivity index (χ1n) is 8.32. The molecule has 1 aromatic carbocycles. The summed E-state index contributed by atoms with van der Waals surface area (Å²) in [6, 6.07) is 10.5. The van der Waals surface area contributed by atoms with Crippen molar-refractivity contribution in [2.75, 3.05) is 34.4 Å². The van der Waals surface area contributed by atoms with E-state index in [9.17, 15) is 9.59 Å². The Labute approximate surface area is 158 Å². The molecule has 0 aliphatic heterocycles. The standard InChI is InChI=1S/C19H24ClN3O3/c1-22(2)17(14-4-7-16(20)8-5-14)12-21-19(25)15-6-9-18(24)23(13-15)10-11-26-3/h4-9,13,17H,10-12H2,1-3H3,(H,21,25)/t17-/m0/s1. The SMILES string of the molecule is COCCn1cc(C(=O)NC[C@@H](c2ccc(Cl)cc2)N(C)C)ccc1=O. The van der Waals surface area contributed by atoms with E-state index in [1.54, 1.807) is 13.3 Å². The number of halogens is 1. The number of benzene rings is 1. The van der Waals surface area contributed by atoms with Crippen molar-refractivity contribution in [3.63, 3.8) is 0 Å². The Morgan fingerprint density at radius 3 is 2.54 bits per heavy atom. The van der Waals surface area contributed by atoms with E-state index in [-0.39, 0.29) is 17.5 Å². The van der Waals surface area contributed by atoms with Crippen molar-refractivity contribution >= 4 is 17.5 Å². The number of likely N-dealkylation sites (N-methyl/N-ethyl adjacent to an activating group) is 1. The lowest BCUT2D eigenvalue weighted by atomic mass is 10.1. The average Bonchev–Trinajstić information content (AvgIpc) is 2.62. The van der Waals surface area contributed by atoms with Crippen LogP contribution in [-0.4, -0.2) is 49.7 Å². The van der Waals surface area contributed by atoms with Crippen molar-refractivity contribution in [3.8, 4) is 0 Å². The van der Waals surface area contributed by atoms with Gasteiger partial charge in [0.2, 0.25) is 0 Å². The number of carbonyl (C=O) groups excluding carboxylic acids is 1. The van der Waals surface area contributed by atoms with Gasteiger partial charge < -0.3 is 19.5 Å². The van der Waals surface area contributed by atoms with Gasteiger partial charge in [-0.25, -0.2) is 0 Å². The number of ether oxygens (including phenoxy) is 1. The molecule has 0 aliphatic rings. The van der Waals surface area contributed by atoms with Crippen LogP contribution < -0.4 is 10.9 Å². The first-order valence-corrected chi connectivity index (χ1v) is 8.69. The number of rotatable bonds is 8. The second-order valence-electron chi connectivity index (χ2n) is 6.18. The lowest BCUT2D eigenvalue weighted by Crippen LogP contribution is -2.35. The first kappa shape index (κ1) is 20.2. The van der Waals surface area contributed by atoms with E-state index in [0.717, 1.165) is 5.56 Å². The van der Waals surface area contributed by atoms with E-state index in [2.05, 4.69) is 5.32 Å². The summed E-state index contributed by atoms with van der Waals surface area (Å²) in [5.74, 6) is -0.225. The lowest BCUT2D eigenvalue weighted by Gasteiger charge is -2.25. The molecule has 1 atom stereocenters. The molecule has 1 aromatic heterocycles. The Morgan fingerprint density at radius 1 is 1.23 bits per heavy atom. The number of nitrogens with zero attached hydrogens (tertiary/aromatic N) is 2. The maximum absolute atomic E-state index is 12.5. The van der Waals surface area contributed by atoms with Gasteiger partial charge in [-0.2, -0.15) is 0 Å². The molecule has 0 unspecified atom stereocenters. The summed E-state index contributed by atoms with van der Waals surface area (Å²) in [5.41, 5.74) is 1.34. The van der Waals surface area contributed by atoms with Gasteiger partial charge in [-0.15, -0.1) is 0 Å². The predicted octanol–water partition coefficient (Wildman–Crippen LogP) is 2.18. The topological polar surface area (TPSA) is 63.6 Å². The van der Waals surface area contributed by atoms with E-state index in [1.165, 1.54) is 16.7 Å². The molecule has 0 aliphatic carbocycles. The molecule has 0 fully saturated rings. The van der Waals surface area contributed by atoms with Gasteiger partial charge in [-0.05, 0) is 37.9 Å². The normalized spacial score (nSPS) is 12.2. The Balaban J connectivity index is 2.08. The minimum Gasteiger partial charge on any atom is -0.383 e. The summed E-state index contributed by atoms with van der Waals surface area (Å²) in [6.07, 6.45) is 1.56. The van der Waals surface area contributed by atoms with Gasteiger partial charge >= 0.3 is 0 Å². The highest BCUT2D eigenvalue weighted by Crippen LogP contribution is 2.19. The molecule has 1 N–H and O–H groups in total. The molecule has 0 saturated heterocycles. The minimum atomic E-state index is -0.225. The van der Waals surface area contributed by atoms with E-state index in [0.29, 0.717) is 30.3 Å². The van der Waals surface area contributed by atoms with Crippen LogP contribution in [0.4, 0.5) is 0 Å². The second-order valence-corrected chi connectivity index (χ2v) is 6.62. The summed E-state index contributed by atoms with van der Waals surface area (Å²) in [5, 5.41) is 3.61. The fourth-order valence-corrected chi connectivity index (χ4v) is 2.73. The van der Waals surface area contributed by atoms with Crippen LogP contribution in [0.15, 0.2) is 47.4 Å². The third-order valence-corrected chi connectivity index (χ3v) is 4.37. The summed E-state index contributed by atoms with van der Waals surface area (Å²) in [4.78, 5) is 26.4. The zero-order valence-electron chi connectivity index (χ0n) is 15.2. The zero-order chi connectivity index (χ0) is 19.1. The number of carbonyl (C=O) groups is 1. The van der Waals surface area contributed by atoms with Crippen LogP contribution in [0, 0.1) is 0 Å². The molecule has 1 amide bonds. The van der Waals surface area contributed by atoms with Crippen LogP contribution in [0.25, 0.3) is 0 Å². The summed E-state index contributed by atoms with van der Waals surface area (Å²) >= 11 is 5.95. The average molecular weight is 378 g/mol. The fourth-order valence-electron chi connectivity index (χ4n) is 2.60. The number of amides is 1. The number of hydrogen-bond acceptors (Lipinski definition) is 4. The Morgan fingerprint density at radius 2 is 1.92 bits per heavy atom. The number of nitrogens with one attached hydrogen (secondary N) is 1. The van der Waals surface area contributed by atoms with Crippen LogP contribution in [0.5, 0.6) is 0 Å². The highest BCUT2D eigenvalue weighted by Gasteiger charge is 2.16. The van der Waals surface area contributed by atoms with Gasteiger partial charge in [-0.1, -0.05) is 23.7 Å². The van der Waals surface area contributed by atoms with E-state index in [1.807, 2.05) is 43.3 Å². The molecule has 1 heterocycles. The zero-order valence-corrected chi connectivity index (χ0v) is 16.0. The van der Waals surface area contributed by atoms with Crippen LogP contribution in [0.2, 0.25) is 5.02 Å². The molecular formula is C19H24ClN3O3. The van der Waals surface area contributed by atoms with Crippen molar-refractivity contribution in [1.82, 2.24) is 14.8 Å². The number of methoxy groups -OCH3 is 1. The fraction of sp³-hybridized carbons (Fsp3) is 0.368. The Kier molecular flexibility index (Phi) is 7.38. The Bertz CT molecular complexity index is 787. The van der Waals surface area contributed by atoms with Gasteiger partial charge in [0.25, 0.3) is 11.5 Å². The van der Waals surface area contributed by atoms with Gasteiger partial charge in [0.05, 0.1) is 18.2 Å². The largest absolute Gasteiger partial charge is 0.383 e. The molecule has 0 radical (unpaired) electrons. The first-order chi connectivity index (χ1) is 12.4. The van der Waals surface area contributed by atoms with Crippen molar-refractivity contribution in [3.05, 3.63) is 69.1 Å². The quantitative estimate of drug-likeness (QED) is 0.765. The van der Waals surface area contributed by atoms with Crippen molar-refractivity contribution in [2.45, 2.75) is 12.6 Å². The predicted molar refractivity (Wildman–Crippen MR) is 103 cm³/mol. The monoisotopic (exact) mass is 377 g/mol. The number of pyridine rings is 1. The molecule has 26 heavy (non-hydrogen) atoms. The van der Waals surface area contributed by atoms with Crippen LogP contribution in [-0.2, 0) is 11.3 Å². The molecule has 2 aromatic rings. The van der Waals surface area contributed by atoms with Crippen molar-refractivity contribution in [1.29, 1.82) is 0 Å². The third-order valence-electron chi connectivity index (χ3n) is 4.12. The maximum atomic E-state index is 12.5. The lowest BCUT2D eigenvalue weighted by molar-refractivity contribution is 0.0940. The smallest absolute Gasteiger partial charge is 0.252 e. The van der Waals surface area contributed by atoms with Gasteiger partial charge in [-0.3, -0.25) is 9.59 Å². The van der Waals surface area contributed by atoms with E-state index < -0.39 is 0 Å². The molecule has 0 bridgehead atoms. The van der Waals surface area contributed by atoms with E-state index in [4.69, 9.17) is 16.3 Å². The van der Waals surface area contributed by atoms with Gasteiger partial charge in [0.1, 0.15) is 0 Å². The van der Waals surface area contributed by atoms with E-state index >= 15 is 0 Å². The summed E-state index contributed by atoms with van der Waals surface area (Å²) < 4.78 is 6.46. The molecule has 0 saturated carbocycles. The highest BCUT2D eigenvalue weighted by molar-refractivity contribution is 6.30. The molecule has 0 spiro atoms. The van der Waals surface area contributed by atoms with Crippen molar-refractivity contribution < 1.29 is 9.53 Å². The van der Waals surface area contributed by atoms with Gasteiger partial charge in [0, 0.05) is 37.5 Å². The molecule has 6 nitrogen and oxygen atoms in total. The summed E-state index contributed by atoms with van der Waals surface area (Å²) in [6.45, 7) is 1.25. The van der Waals surface area contributed by atoms with Crippen LogP contribution in [0.3, 0.4) is 0 Å². The number of hydrogen-bond donors (Lipinski definition) is 1. The highest BCUT2D eigenvalue weighted by atomic mass is 35.5. The van der Waals surface area contributed by atoms with Gasteiger partial charge in [0.15, 0.2) is 0 Å². The third kappa shape index (κ3) is 5.42. The maximum Gasteiger partial charge on any atom is 0.252 e. The molecule has 7 heteroatoms. The Hall–Kier alpha value is -2.15. The minimum absolute atomic E-state index is 0.00983. The second kappa shape index (κ2) is 9.52. The van der Waals surface area contributed by atoms with Crippen molar-refractivity contribution in [2.24, 2.45) is 0 Å². The van der Waals surface area contributed by atoms with Crippen LogP contribution in [0.1, 0.15) is 22.0 Å². The molecular weight excluding hydrogens is 354 g/mol.